The number of ether oxygens (including phenoxy) is 2. The minimum Gasteiger partial charge on any atom is -0.493 e. The molecular weight excluding hydrogens is 412 g/mol. The molecule has 33 heavy (non-hydrogen) atoms. The average Bonchev–Trinajstić information content (AvgIpc) is 3.37. The van der Waals surface area contributed by atoms with Crippen molar-refractivity contribution in [3.63, 3.8) is 0 Å². The smallest absolute Gasteiger partial charge is 0.161 e. The van der Waals surface area contributed by atoms with E-state index in [4.69, 9.17) is 14.5 Å². The van der Waals surface area contributed by atoms with Crippen LogP contribution in [0.15, 0.2) is 55.0 Å². The fourth-order valence-electron chi connectivity index (χ4n) is 4.29. The SMILES string of the molecule is COc1ccc(Cc2nccc(CCCc3cccnc3)n2)cc1OCCCN1CCCC1. The molecule has 0 amide bonds. The highest BCUT2D eigenvalue weighted by Gasteiger charge is 2.12. The van der Waals surface area contributed by atoms with Gasteiger partial charge in [0.05, 0.1) is 13.7 Å². The zero-order valence-corrected chi connectivity index (χ0v) is 19.6. The van der Waals surface area contributed by atoms with Gasteiger partial charge in [-0.25, -0.2) is 9.97 Å². The number of pyridine rings is 1. The lowest BCUT2D eigenvalue weighted by atomic mass is 10.1. The van der Waals surface area contributed by atoms with Crippen LogP contribution in [0.25, 0.3) is 0 Å². The number of nitrogens with zero attached hydrogens (tertiary/aromatic N) is 4. The molecule has 0 N–H and O–H groups in total. The second-order valence-electron chi connectivity index (χ2n) is 8.59. The van der Waals surface area contributed by atoms with Crippen molar-refractivity contribution in [2.24, 2.45) is 0 Å². The zero-order valence-electron chi connectivity index (χ0n) is 19.6. The molecule has 4 rings (SSSR count). The van der Waals surface area contributed by atoms with Crippen molar-refractivity contribution < 1.29 is 9.47 Å². The van der Waals surface area contributed by atoms with E-state index in [1.165, 1.54) is 31.5 Å². The quantitative estimate of drug-likeness (QED) is 0.382. The van der Waals surface area contributed by atoms with Crippen molar-refractivity contribution in [3.05, 3.63) is 77.6 Å². The van der Waals surface area contributed by atoms with Crippen molar-refractivity contribution in [1.82, 2.24) is 19.9 Å². The highest BCUT2D eigenvalue weighted by molar-refractivity contribution is 5.43. The number of benzene rings is 1. The molecule has 3 aromatic rings. The van der Waals surface area contributed by atoms with Crippen molar-refractivity contribution in [3.8, 4) is 11.5 Å². The topological polar surface area (TPSA) is 60.4 Å². The Hall–Kier alpha value is -2.99. The molecule has 6 heteroatoms. The summed E-state index contributed by atoms with van der Waals surface area (Å²) < 4.78 is 11.6. The molecule has 0 saturated carbocycles. The summed E-state index contributed by atoms with van der Waals surface area (Å²) >= 11 is 0. The van der Waals surface area contributed by atoms with Crippen molar-refractivity contribution in [1.29, 1.82) is 0 Å². The molecule has 2 aromatic heterocycles. The van der Waals surface area contributed by atoms with Gasteiger partial charge in [0.1, 0.15) is 5.82 Å². The van der Waals surface area contributed by atoms with Crippen molar-refractivity contribution in [2.45, 2.75) is 44.9 Å². The van der Waals surface area contributed by atoms with Gasteiger partial charge in [-0.05, 0) is 87.0 Å². The van der Waals surface area contributed by atoms with Crippen LogP contribution in [-0.2, 0) is 19.3 Å². The first kappa shape index (κ1) is 23.2. The van der Waals surface area contributed by atoms with Crippen LogP contribution in [-0.4, -0.2) is 53.2 Å². The molecule has 0 bridgehead atoms. The maximum absolute atomic E-state index is 6.09. The van der Waals surface area contributed by atoms with Gasteiger partial charge < -0.3 is 14.4 Å². The molecule has 1 saturated heterocycles. The normalized spacial score (nSPS) is 13.8. The van der Waals surface area contributed by atoms with Crippen molar-refractivity contribution >= 4 is 0 Å². The Kier molecular flexibility index (Phi) is 8.64. The Labute approximate surface area is 197 Å². The van der Waals surface area contributed by atoms with E-state index in [-0.39, 0.29) is 0 Å². The van der Waals surface area contributed by atoms with Crippen LogP contribution in [0.4, 0.5) is 0 Å². The molecule has 1 fully saturated rings. The highest BCUT2D eigenvalue weighted by Crippen LogP contribution is 2.29. The van der Waals surface area contributed by atoms with E-state index in [0.717, 1.165) is 60.8 Å². The molecule has 174 valence electrons. The molecule has 0 atom stereocenters. The van der Waals surface area contributed by atoms with Crippen LogP contribution >= 0.6 is 0 Å². The molecule has 1 aliphatic rings. The number of likely N-dealkylation sites (tertiary alicyclic amines) is 1. The number of aromatic nitrogens is 3. The molecule has 3 heterocycles. The summed E-state index contributed by atoms with van der Waals surface area (Å²) in [5, 5.41) is 0. The van der Waals surface area contributed by atoms with Crippen LogP contribution in [0.2, 0.25) is 0 Å². The molecule has 0 aliphatic carbocycles. The van der Waals surface area contributed by atoms with Crippen LogP contribution in [0.5, 0.6) is 11.5 Å². The monoisotopic (exact) mass is 446 g/mol. The van der Waals surface area contributed by atoms with E-state index >= 15 is 0 Å². The van der Waals surface area contributed by atoms with E-state index in [0.29, 0.717) is 13.0 Å². The van der Waals surface area contributed by atoms with E-state index in [9.17, 15) is 0 Å². The van der Waals surface area contributed by atoms with E-state index in [2.05, 4.69) is 33.1 Å². The van der Waals surface area contributed by atoms with Gasteiger partial charge in [0, 0.05) is 37.3 Å². The Morgan fingerprint density at radius 3 is 2.67 bits per heavy atom. The first-order valence-electron chi connectivity index (χ1n) is 12.0. The first-order valence-corrected chi connectivity index (χ1v) is 12.0. The molecule has 0 spiro atoms. The van der Waals surface area contributed by atoms with Crippen LogP contribution in [0.3, 0.4) is 0 Å². The standard InChI is InChI=1S/C27H34N4O2/c1-32-25-11-10-23(19-26(25)33-18-6-17-31-15-2-3-16-31)20-27-29-14-12-24(30-27)9-4-7-22-8-5-13-28-21-22/h5,8,10-14,19,21H,2-4,6-7,9,15-18,20H2,1H3. The van der Waals surface area contributed by atoms with Gasteiger partial charge >= 0.3 is 0 Å². The Balaban J connectivity index is 1.31. The summed E-state index contributed by atoms with van der Waals surface area (Å²) in [6.07, 6.45) is 12.9. The molecule has 0 unspecified atom stereocenters. The Morgan fingerprint density at radius 1 is 0.939 bits per heavy atom. The lowest BCUT2D eigenvalue weighted by molar-refractivity contribution is 0.254. The minimum atomic E-state index is 0.671. The summed E-state index contributed by atoms with van der Waals surface area (Å²) in [5.74, 6) is 2.40. The molecule has 1 aromatic carbocycles. The predicted molar refractivity (Wildman–Crippen MR) is 130 cm³/mol. The third kappa shape index (κ3) is 7.26. The number of aryl methyl sites for hydroxylation is 2. The third-order valence-electron chi connectivity index (χ3n) is 6.05. The lowest BCUT2D eigenvalue weighted by Gasteiger charge is -2.16. The van der Waals surface area contributed by atoms with Gasteiger partial charge in [-0.3, -0.25) is 4.98 Å². The summed E-state index contributed by atoms with van der Waals surface area (Å²) in [5.41, 5.74) is 3.46. The minimum absolute atomic E-state index is 0.671. The van der Waals surface area contributed by atoms with E-state index in [1.807, 2.05) is 36.8 Å². The number of rotatable bonds is 12. The number of hydrogen-bond acceptors (Lipinski definition) is 6. The Morgan fingerprint density at radius 2 is 1.85 bits per heavy atom. The van der Waals surface area contributed by atoms with Gasteiger partial charge in [0.25, 0.3) is 0 Å². The molecule has 6 nitrogen and oxygen atoms in total. The maximum Gasteiger partial charge on any atom is 0.161 e. The fraction of sp³-hybridized carbons (Fsp3) is 0.444. The first-order chi connectivity index (χ1) is 16.3. The van der Waals surface area contributed by atoms with Crippen LogP contribution < -0.4 is 9.47 Å². The molecule has 1 aliphatic heterocycles. The predicted octanol–water partition coefficient (Wildman–Crippen LogP) is 4.51. The largest absolute Gasteiger partial charge is 0.493 e. The molecular formula is C27H34N4O2. The Bertz CT molecular complexity index is 990. The number of hydrogen-bond donors (Lipinski definition) is 0. The zero-order chi connectivity index (χ0) is 22.7. The number of methoxy groups -OCH3 is 1. The van der Waals surface area contributed by atoms with Gasteiger partial charge in [0.2, 0.25) is 0 Å². The lowest BCUT2D eigenvalue weighted by Crippen LogP contribution is -2.21. The summed E-state index contributed by atoms with van der Waals surface area (Å²) in [7, 11) is 1.68. The van der Waals surface area contributed by atoms with Crippen LogP contribution in [0, 0.1) is 0 Å². The van der Waals surface area contributed by atoms with E-state index in [1.54, 1.807) is 7.11 Å². The fourth-order valence-corrected chi connectivity index (χ4v) is 4.29. The van der Waals surface area contributed by atoms with Crippen LogP contribution in [0.1, 0.15) is 48.3 Å². The second-order valence-corrected chi connectivity index (χ2v) is 8.59. The van der Waals surface area contributed by atoms with E-state index < -0.39 is 0 Å². The summed E-state index contributed by atoms with van der Waals surface area (Å²) in [4.78, 5) is 16.0. The highest BCUT2D eigenvalue weighted by atomic mass is 16.5. The molecule has 0 radical (unpaired) electrons. The summed E-state index contributed by atoms with van der Waals surface area (Å²) in [6, 6.07) is 12.2. The summed E-state index contributed by atoms with van der Waals surface area (Å²) in [6.45, 7) is 4.24. The van der Waals surface area contributed by atoms with Gasteiger partial charge in [-0.2, -0.15) is 0 Å². The van der Waals surface area contributed by atoms with Crippen molar-refractivity contribution in [2.75, 3.05) is 33.4 Å². The third-order valence-corrected chi connectivity index (χ3v) is 6.05. The van der Waals surface area contributed by atoms with Gasteiger partial charge in [-0.15, -0.1) is 0 Å². The average molecular weight is 447 g/mol. The van der Waals surface area contributed by atoms with Gasteiger partial charge in [0.15, 0.2) is 11.5 Å². The maximum atomic E-state index is 6.09. The van der Waals surface area contributed by atoms with Gasteiger partial charge in [-0.1, -0.05) is 12.1 Å². The second kappa shape index (κ2) is 12.3.